The number of carboxylic acids is 1. The van der Waals surface area contributed by atoms with Crippen molar-refractivity contribution in [3.05, 3.63) is 83.4 Å². The van der Waals surface area contributed by atoms with Crippen LogP contribution in [-0.2, 0) is 14.9 Å². The zero-order chi connectivity index (χ0) is 24.3. The van der Waals surface area contributed by atoms with E-state index in [9.17, 15) is 18.0 Å². The minimum atomic E-state index is -4.01. The van der Waals surface area contributed by atoms with Crippen LogP contribution in [0.5, 0.6) is 11.5 Å². The van der Waals surface area contributed by atoms with Gasteiger partial charge in [0, 0.05) is 29.6 Å². The molecule has 0 spiro atoms. The minimum Gasteiger partial charge on any atom is -0.493 e. The highest BCUT2D eigenvalue weighted by Gasteiger charge is 2.31. The van der Waals surface area contributed by atoms with Crippen molar-refractivity contribution in [2.45, 2.75) is 11.3 Å². The molecule has 4 rings (SSSR count). The second-order valence-electron chi connectivity index (χ2n) is 7.70. The highest BCUT2D eigenvalue weighted by atomic mass is 35.5. The lowest BCUT2D eigenvalue weighted by Gasteiger charge is -2.17. The van der Waals surface area contributed by atoms with Gasteiger partial charge >= 0.3 is 16.1 Å². The third-order valence-electron chi connectivity index (χ3n) is 5.25. The number of rotatable bonds is 8. The van der Waals surface area contributed by atoms with Crippen LogP contribution < -0.4 is 13.8 Å². The van der Waals surface area contributed by atoms with E-state index in [-0.39, 0.29) is 28.0 Å². The first kappa shape index (κ1) is 23.6. The van der Waals surface area contributed by atoms with E-state index >= 15 is 0 Å². The van der Waals surface area contributed by atoms with E-state index in [1.54, 1.807) is 29.2 Å². The first-order chi connectivity index (χ1) is 16.2. The second kappa shape index (κ2) is 9.74. The number of amides is 1. The summed E-state index contributed by atoms with van der Waals surface area (Å²) in [4.78, 5) is 25.0. The average Bonchev–Trinajstić information content (AvgIpc) is 3.19. The number of halogens is 1. The average molecular weight is 502 g/mol. The van der Waals surface area contributed by atoms with Gasteiger partial charge in [-0.15, -0.1) is 0 Å². The van der Waals surface area contributed by atoms with Crippen LogP contribution in [-0.4, -0.2) is 38.6 Å². The molecule has 10 heteroatoms. The highest BCUT2D eigenvalue weighted by Crippen LogP contribution is 2.28. The van der Waals surface area contributed by atoms with Crippen molar-refractivity contribution in [3.63, 3.8) is 0 Å². The Balaban J connectivity index is 1.35. The summed E-state index contributed by atoms with van der Waals surface area (Å²) in [6.45, 7) is 0.741. The number of ether oxygens (including phenoxy) is 1. The Labute approximate surface area is 201 Å². The van der Waals surface area contributed by atoms with Crippen molar-refractivity contribution in [2.24, 2.45) is 5.92 Å². The molecule has 0 radical (unpaired) electrons. The summed E-state index contributed by atoms with van der Waals surface area (Å²) < 4.78 is 35.7. The molecule has 0 aliphatic carbocycles. The molecule has 1 heterocycles. The lowest BCUT2D eigenvalue weighted by atomic mass is 10.1. The zero-order valence-electron chi connectivity index (χ0n) is 17.8. The second-order valence-corrected chi connectivity index (χ2v) is 9.68. The molecule has 0 saturated carbocycles. The summed E-state index contributed by atoms with van der Waals surface area (Å²) >= 11 is 5.80. The quantitative estimate of drug-likeness (QED) is 0.460. The summed E-state index contributed by atoms with van der Waals surface area (Å²) in [5.74, 6) is -0.484. The fourth-order valence-electron chi connectivity index (χ4n) is 3.51. The van der Waals surface area contributed by atoms with Crippen molar-refractivity contribution in [1.82, 2.24) is 0 Å². The first-order valence-corrected chi connectivity index (χ1v) is 12.1. The SMILES string of the molecule is O=C(O)c1ccc(OCC2CC(=O)N(c3ccc(OS(=O)(=O)c4ccc(Cl)cc4)cc3)C2)cc1. The van der Waals surface area contributed by atoms with Gasteiger partial charge in [0.05, 0.1) is 12.2 Å². The molecule has 0 aromatic heterocycles. The molecule has 34 heavy (non-hydrogen) atoms. The van der Waals surface area contributed by atoms with E-state index in [1.807, 2.05) is 0 Å². The number of nitrogens with zero attached hydrogens (tertiary/aromatic N) is 1. The van der Waals surface area contributed by atoms with Crippen molar-refractivity contribution < 1.29 is 32.0 Å². The Morgan fingerprint density at radius 3 is 2.21 bits per heavy atom. The van der Waals surface area contributed by atoms with Gasteiger partial charge in [0.15, 0.2) is 0 Å². The number of hydrogen-bond donors (Lipinski definition) is 1. The van der Waals surface area contributed by atoms with Gasteiger partial charge in [-0.3, -0.25) is 4.79 Å². The minimum absolute atomic E-state index is 0.0175. The lowest BCUT2D eigenvalue weighted by molar-refractivity contribution is -0.117. The molecular formula is C24H20ClNO7S. The van der Waals surface area contributed by atoms with Gasteiger partial charge in [-0.2, -0.15) is 8.42 Å². The largest absolute Gasteiger partial charge is 0.493 e. The van der Waals surface area contributed by atoms with Crippen LogP contribution in [0.15, 0.2) is 77.7 Å². The fraction of sp³-hybridized carbons (Fsp3) is 0.167. The Kier molecular flexibility index (Phi) is 6.76. The van der Waals surface area contributed by atoms with Crippen LogP contribution in [0.2, 0.25) is 5.02 Å². The van der Waals surface area contributed by atoms with Crippen LogP contribution in [0.1, 0.15) is 16.8 Å². The van der Waals surface area contributed by atoms with E-state index in [4.69, 9.17) is 25.6 Å². The molecule has 1 unspecified atom stereocenters. The standard InChI is InChI=1S/C24H20ClNO7S/c25-18-3-11-22(12-4-18)34(30,31)33-21-9-5-19(6-10-21)26-14-16(13-23(26)27)15-32-20-7-1-17(2-8-20)24(28)29/h1-12,16H,13-15H2,(H,28,29). The zero-order valence-corrected chi connectivity index (χ0v) is 19.3. The van der Waals surface area contributed by atoms with E-state index < -0.39 is 16.1 Å². The molecule has 1 atom stereocenters. The van der Waals surface area contributed by atoms with Crippen LogP contribution >= 0.6 is 11.6 Å². The van der Waals surface area contributed by atoms with Crippen LogP contribution in [0.25, 0.3) is 0 Å². The molecule has 1 saturated heterocycles. The van der Waals surface area contributed by atoms with Gasteiger partial charge in [-0.25, -0.2) is 4.79 Å². The molecule has 1 fully saturated rings. The maximum atomic E-state index is 12.5. The molecule has 3 aromatic carbocycles. The van der Waals surface area contributed by atoms with Crippen LogP contribution in [0, 0.1) is 5.92 Å². The number of carbonyl (C=O) groups excluding carboxylic acids is 1. The molecule has 1 aliphatic rings. The predicted octanol–water partition coefficient (Wildman–Crippen LogP) is 4.24. The number of carboxylic acid groups (broad SMARTS) is 1. The van der Waals surface area contributed by atoms with Gasteiger partial charge < -0.3 is 18.9 Å². The normalized spacial score (nSPS) is 15.9. The Morgan fingerprint density at radius 2 is 1.59 bits per heavy atom. The monoisotopic (exact) mass is 501 g/mol. The number of hydrogen-bond acceptors (Lipinski definition) is 6. The molecule has 0 bridgehead atoms. The molecule has 176 valence electrons. The number of aromatic carboxylic acids is 1. The number of benzene rings is 3. The summed E-state index contributed by atoms with van der Waals surface area (Å²) in [6.07, 6.45) is 0.302. The van der Waals surface area contributed by atoms with Crippen LogP contribution in [0.4, 0.5) is 5.69 Å². The van der Waals surface area contributed by atoms with Crippen molar-refractivity contribution in [1.29, 1.82) is 0 Å². The summed E-state index contributed by atoms with van der Waals surface area (Å²) in [5, 5.41) is 9.37. The van der Waals surface area contributed by atoms with Gasteiger partial charge in [0.25, 0.3) is 0 Å². The molecule has 1 N–H and O–H groups in total. The van der Waals surface area contributed by atoms with E-state index in [0.29, 0.717) is 36.0 Å². The molecule has 8 nitrogen and oxygen atoms in total. The maximum absolute atomic E-state index is 12.5. The van der Waals surface area contributed by atoms with Gasteiger partial charge in [0.1, 0.15) is 16.4 Å². The topological polar surface area (TPSA) is 110 Å². The number of anilines is 1. The number of carbonyl (C=O) groups is 2. The van der Waals surface area contributed by atoms with Gasteiger partial charge in [-0.05, 0) is 72.8 Å². The third kappa shape index (κ3) is 5.49. The van der Waals surface area contributed by atoms with Crippen molar-refractivity contribution in [3.8, 4) is 11.5 Å². The fourth-order valence-corrected chi connectivity index (χ4v) is 4.56. The smallest absolute Gasteiger partial charge is 0.339 e. The molecule has 1 aliphatic heterocycles. The highest BCUT2D eigenvalue weighted by molar-refractivity contribution is 7.87. The van der Waals surface area contributed by atoms with E-state index in [0.717, 1.165) is 0 Å². The molecule has 1 amide bonds. The lowest BCUT2D eigenvalue weighted by Crippen LogP contribution is -2.25. The predicted molar refractivity (Wildman–Crippen MR) is 125 cm³/mol. The first-order valence-electron chi connectivity index (χ1n) is 10.3. The summed E-state index contributed by atoms with van der Waals surface area (Å²) in [7, 11) is -4.01. The maximum Gasteiger partial charge on any atom is 0.339 e. The van der Waals surface area contributed by atoms with Gasteiger partial charge in [-0.1, -0.05) is 11.6 Å². The van der Waals surface area contributed by atoms with Crippen LogP contribution in [0.3, 0.4) is 0 Å². The van der Waals surface area contributed by atoms with E-state index in [1.165, 1.54) is 48.5 Å². The summed E-state index contributed by atoms with van der Waals surface area (Å²) in [5.41, 5.74) is 0.789. The van der Waals surface area contributed by atoms with Crippen molar-refractivity contribution in [2.75, 3.05) is 18.1 Å². The third-order valence-corrected chi connectivity index (χ3v) is 6.76. The molecule has 3 aromatic rings. The Bertz CT molecular complexity index is 1290. The molecular weight excluding hydrogens is 482 g/mol. The Hall–Kier alpha value is -3.56. The van der Waals surface area contributed by atoms with Crippen molar-refractivity contribution >= 4 is 39.3 Å². The Morgan fingerprint density at radius 1 is 0.971 bits per heavy atom. The van der Waals surface area contributed by atoms with E-state index in [2.05, 4.69) is 0 Å². The van der Waals surface area contributed by atoms with Gasteiger partial charge in [0.2, 0.25) is 5.91 Å². The summed E-state index contributed by atoms with van der Waals surface area (Å²) in [6, 6.07) is 17.9.